The number of carbonyl (C=O) groups excluding carboxylic acids is 1. The van der Waals surface area contributed by atoms with Gasteiger partial charge in [0.05, 0.1) is 15.5 Å². The molecular weight excluding hydrogens is 378 g/mol. The van der Waals surface area contributed by atoms with E-state index in [-0.39, 0.29) is 21.1 Å². The Kier molecular flexibility index (Phi) is 4.27. The molecule has 0 fully saturated rings. The van der Waals surface area contributed by atoms with Crippen molar-refractivity contribution in [1.29, 1.82) is 5.26 Å². The molecule has 26 heavy (non-hydrogen) atoms. The number of fused-ring (bicyclic) bond motifs is 1. The number of sulfonamides is 2. The molecular formula is C16H11N3O5S2. The fourth-order valence-electron chi connectivity index (χ4n) is 2.39. The molecule has 0 atom stereocenters. The molecule has 0 saturated heterocycles. The molecule has 8 nitrogen and oxygen atoms in total. The summed E-state index contributed by atoms with van der Waals surface area (Å²) >= 11 is 0. The summed E-state index contributed by atoms with van der Waals surface area (Å²) in [6, 6.07) is 14.5. The lowest BCUT2D eigenvalue weighted by Crippen LogP contribution is -2.32. The van der Waals surface area contributed by atoms with Crippen LogP contribution in [0.5, 0.6) is 0 Å². The van der Waals surface area contributed by atoms with E-state index in [1.807, 2.05) is 0 Å². The number of carbonyl (C=O) groups is 1. The Morgan fingerprint density at radius 3 is 2.31 bits per heavy atom. The van der Waals surface area contributed by atoms with Crippen LogP contribution in [0, 0.1) is 11.3 Å². The third kappa shape index (κ3) is 3.05. The third-order valence-corrected chi connectivity index (χ3v) is 6.31. The predicted octanol–water partition coefficient (Wildman–Crippen LogP) is 0.718. The Bertz CT molecular complexity index is 1180. The zero-order valence-corrected chi connectivity index (χ0v) is 14.6. The van der Waals surface area contributed by atoms with Crippen molar-refractivity contribution in [3.63, 3.8) is 0 Å². The quantitative estimate of drug-likeness (QED) is 0.587. The molecule has 10 heteroatoms. The fraction of sp³-hybridized carbons (Fsp3) is 0. The number of benzene rings is 2. The van der Waals surface area contributed by atoms with Crippen molar-refractivity contribution < 1.29 is 21.6 Å². The highest BCUT2D eigenvalue weighted by atomic mass is 32.2. The molecule has 1 amide bonds. The highest BCUT2D eigenvalue weighted by Gasteiger charge is 2.34. The second kappa shape index (κ2) is 6.29. The topological polar surface area (TPSA) is 133 Å². The molecule has 132 valence electrons. The molecule has 1 aliphatic rings. The van der Waals surface area contributed by atoms with E-state index in [1.54, 1.807) is 16.9 Å². The van der Waals surface area contributed by atoms with Gasteiger partial charge in [0.15, 0.2) is 0 Å². The Labute approximate surface area is 149 Å². The van der Waals surface area contributed by atoms with Gasteiger partial charge in [-0.05, 0) is 18.2 Å². The highest BCUT2D eigenvalue weighted by Crippen LogP contribution is 2.31. The van der Waals surface area contributed by atoms with E-state index in [4.69, 9.17) is 0 Å². The van der Waals surface area contributed by atoms with Gasteiger partial charge in [0.1, 0.15) is 11.6 Å². The van der Waals surface area contributed by atoms with Crippen LogP contribution < -0.4 is 9.44 Å². The van der Waals surface area contributed by atoms with Crippen LogP contribution in [0.25, 0.3) is 5.70 Å². The minimum atomic E-state index is -4.21. The van der Waals surface area contributed by atoms with E-state index >= 15 is 0 Å². The van der Waals surface area contributed by atoms with E-state index in [9.17, 15) is 26.9 Å². The Hall–Kier alpha value is -3.16. The average Bonchev–Trinajstić information content (AvgIpc) is 2.88. The molecule has 0 spiro atoms. The van der Waals surface area contributed by atoms with Gasteiger partial charge >= 0.3 is 0 Å². The van der Waals surface area contributed by atoms with Gasteiger partial charge in [0.2, 0.25) is 0 Å². The van der Waals surface area contributed by atoms with E-state index in [0.717, 1.165) is 0 Å². The Balaban J connectivity index is 2.05. The van der Waals surface area contributed by atoms with Gasteiger partial charge < -0.3 is 0 Å². The highest BCUT2D eigenvalue weighted by molar-refractivity contribution is 7.90. The Morgan fingerprint density at radius 1 is 1.04 bits per heavy atom. The minimum Gasteiger partial charge on any atom is -0.277 e. The first kappa shape index (κ1) is 17.7. The monoisotopic (exact) mass is 389 g/mol. The lowest BCUT2D eigenvalue weighted by Gasteiger charge is -2.08. The van der Waals surface area contributed by atoms with Crippen LogP contribution >= 0.6 is 0 Å². The smallest absolute Gasteiger partial charge is 0.277 e. The number of hydrogen-bond acceptors (Lipinski definition) is 6. The Morgan fingerprint density at radius 2 is 1.65 bits per heavy atom. The van der Waals surface area contributed by atoms with E-state index < -0.39 is 31.5 Å². The van der Waals surface area contributed by atoms with Gasteiger partial charge in [0.25, 0.3) is 26.0 Å². The molecule has 0 bridgehead atoms. The first-order valence-corrected chi connectivity index (χ1v) is 10.1. The maximum Gasteiger partial charge on any atom is 0.277 e. The molecule has 3 rings (SSSR count). The van der Waals surface area contributed by atoms with Crippen LogP contribution in [0.2, 0.25) is 0 Å². The molecule has 0 unspecified atom stereocenters. The van der Waals surface area contributed by atoms with Crippen LogP contribution in [-0.2, 0) is 24.8 Å². The standard InChI is InChI=1S/C16H11N3O5S2/c17-10-13(15-12-8-4-5-9-14(12)26(23,24)18-15)16(20)19-25(21,22)11-6-2-1-3-7-11/h1-9,18H,(H,19,20). The maximum atomic E-state index is 12.4. The van der Waals surface area contributed by atoms with Crippen molar-refractivity contribution in [1.82, 2.24) is 9.44 Å². The summed E-state index contributed by atoms with van der Waals surface area (Å²) in [5, 5.41) is 9.32. The molecule has 0 saturated carbocycles. The SMILES string of the molecule is N#CC(C(=O)NS(=O)(=O)c1ccccc1)=C1NS(=O)(=O)c2ccccc21. The maximum absolute atomic E-state index is 12.4. The number of amides is 1. The van der Waals surface area contributed by atoms with Crippen molar-refractivity contribution in [2.75, 3.05) is 0 Å². The summed E-state index contributed by atoms with van der Waals surface area (Å²) in [5.74, 6) is -1.23. The van der Waals surface area contributed by atoms with Crippen molar-refractivity contribution in [3.8, 4) is 6.07 Å². The van der Waals surface area contributed by atoms with Crippen LogP contribution in [0.4, 0.5) is 0 Å². The second-order valence-electron chi connectivity index (χ2n) is 5.21. The van der Waals surface area contributed by atoms with Crippen molar-refractivity contribution in [2.45, 2.75) is 9.79 Å². The van der Waals surface area contributed by atoms with Gasteiger partial charge in [0, 0.05) is 5.56 Å². The largest absolute Gasteiger partial charge is 0.277 e. The third-order valence-electron chi connectivity index (χ3n) is 3.55. The number of hydrogen-bond donors (Lipinski definition) is 2. The number of nitrogens with one attached hydrogen (secondary N) is 2. The van der Waals surface area contributed by atoms with Gasteiger partial charge in [-0.2, -0.15) is 5.26 Å². The van der Waals surface area contributed by atoms with Crippen molar-refractivity contribution >= 4 is 31.7 Å². The number of nitrogens with zero attached hydrogens (tertiary/aromatic N) is 1. The lowest BCUT2D eigenvalue weighted by molar-refractivity contribution is -0.115. The van der Waals surface area contributed by atoms with Crippen molar-refractivity contribution in [3.05, 3.63) is 65.7 Å². The van der Waals surface area contributed by atoms with Gasteiger partial charge in [-0.1, -0.05) is 36.4 Å². The molecule has 0 aromatic heterocycles. The van der Waals surface area contributed by atoms with Gasteiger partial charge in [-0.15, -0.1) is 0 Å². The zero-order valence-electron chi connectivity index (χ0n) is 13.0. The number of nitriles is 1. The molecule has 1 aliphatic heterocycles. The molecule has 2 aromatic carbocycles. The summed E-state index contributed by atoms with van der Waals surface area (Å²) in [7, 11) is -8.14. The van der Waals surface area contributed by atoms with Crippen LogP contribution in [-0.4, -0.2) is 22.7 Å². The minimum absolute atomic E-state index is 0.0959. The molecule has 0 radical (unpaired) electrons. The molecule has 1 heterocycles. The first-order valence-electron chi connectivity index (χ1n) is 7.15. The van der Waals surface area contributed by atoms with E-state index in [1.165, 1.54) is 48.5 Å². The van der Waals surface area contributed by atoms with Crippen LogP contribution in [0.15, 0.2) is 70.0 Å². The summed E-state index contributed by atoms with van der Waals surface area (Å²) in [5.41, 5.74) is -0.793. The van der Waals surface area contributed by atoms with Crippen LogP contribution in [0.3, 0.4) is 0 Å². The molecule has 0 aliphatic carbocycles. The van der Waals surface area contributed by atoms with Crippen LogP contribution in [0.1, 0.15) is 5.56 Å². The normalized spacial score (nSPS) is 16.7. The summed E-state index contributed by atoms with van der Waals surface area (Å²) in [6.45, 7) is 0. The van der Waals surface area contributed by atoms with Gasteiger partial charge in [-0.25, -0.2) is 21.6 Å². The molecule has 2 aromatic rings. The zero-order chi connectivity index (χ0) is 18.9. The lowest BCUT2D eigenvalue weighted by atomic mass is 10.1. The first-order chi connectivity index (χ1) is 12.3. The van der Waals surface area contributed by atoms with E-state index in [0.29, 0.717) is 0 Å². The second-order valence-corrected chi connectivity index (χ2v) is 8.54. The summed E-state index contributed by atoms with van der Waals surface area (Å²) in [6.07, 6.45) is 0. The van der Waals surface area contributed by atoms with Gasteiger partial charge in [-0.3, -0.25) is 9.52 Å². The molecule has 2 N–H and O–H groups in total. The average molecular weight is 389 g/mol. The summed E-state index contributed by atoms with van der Waals surface area (Å²) < 4.78 is 52.6. The summed E-state index contributed by atoms with van der Waals surface area (Å²) in [4.78, 5) is 12.1. The predicted molar refractivity (Wildman–Crippen MR) is 91.1 cm³/mol. The fourth-order valence-corrected chi connectivity index (χ4v) is 4.68. The van der Waals surface area contributed by atoms with Crippen molar-refractivity contribution in [2.24, 2.45) is 0 Å². The number of rotatable bonds is 3. The van der Waals surface area contributed by atoms with E-state index in [2.05, 4.69) is 4.72 Å².